The predicted molar refractivity (Wildman–Crippen MR) is 227 cm³/mol. The van der Waals surface area contributed by atoms with Crippen LogP contribution in [0, 0.1) is 0 Å². The summed E-state index contributed by atoms with van der Waals surface area (Å²) in [6.45, 7) is 0. The lowest BCUT2D eigenvalue weighted by atomic mass is 10.0. The van der Waals surface area contributed by atoms with Gasteiger partial charge in [-0.1, -0.05) is 145 Å². The van der Waals surface area contributed by atoms with Crippen molar-refractivity contribution in [3.8, 4) is 38.4 Å². The normalized spacial score (nSPS) is 12.7. The third-order valence-corrected chi connectivity index (χ3v) is 11.0. The second kappa shape index (κ2) is 13.1. The lowest BCUT2D eigenvalue weighted by molar-refractivity contribution is 1.18. The molecule has 2 nitrogen and oxygen atoms in total. The molecule has 10 aromatic rings. The first-order valence-corrected chi connectivity index (χ1v) is 18.4. The molecule has 2 aromatic heterocycles. The Morgan fingerprint density at radius 3 is 1.81 bits per heavy atom. The van der Waals surface area contributed by atoms with Crippen LogP contribution in [-0.4, -0.2) is 4.57 Å². The molecule has 0 aliphatic carbocycles. The molecular weight excluding hydrogens is 661 g/mol. The summed E-state index contributed by atoms with van der Waals surface area (Å²) in [5.74, 6) is 0. The van der Waals surface area contributed by atoms with Crippen molar-refractivity contribution in [3.05, 3.63) is 206 Å². The zero-order valence-electron chi connectivity index (χ0n) is 33.5. The highest BCUT2D eigenvalue weighted by Crippen LogP contribution is 2.44. The molecule has 0 aliphatic rings. The van der Waals surface area contributed by atoms with Crippen molar-refractivity contribution >= 4 is 60.3 Å². The second-order valence-corrected chi connectivity index (χ2v) is 14.1. The summed E-state index contributed by atoms with van der Waals surface area (Å²) in [5.41, 5.74) is 9.37. The number of benzene rings is 8. The number of hydrogen-bond acceptors (Lipinski definition) is 2. The van der Waals surface area contributed by atoms with E-state index in [-0.39, 0.29) is 29.7 Å². The van der Waals surface area contributed by atoms with Crippen molar-refractivity contribution in [2.45, 2.75) is 0 Å². The highest BCUT2D eigenvalue weighted by molar-refractivity contribution is 7.19. The number of hydrogen-bond donors (Lipinski definition) is 0. The van der Waals surface area contributed by atoms with Crippen molar-refractivity contribution in [2.75, 3.05) is 4.90 Å². The molecule has 53 heavy (non-hydrogen) atoms. The minimum atomic E-state index is -0.400. The molecule has 0 N–H and O–H groups in total. The van der Waals surface area contributed by atoms with Crippen molar-refractivity contribution < 1.29 is 6.85 Å². The highest BCUT2D eigenvalue weighted by Gasteiger charge is 2.19. The molecule has 0 saturated heterocycles. The lowest BCUT2D eigenvalue weighted by Gasteiger charge is -2.24. The average molecular weight is 700 g/mol. The van der Waals surface area contributed by atoms with Gasteiger partial charge in [-0.15, -0.1) is 11.3 Å². The van der Waals surface area contributed by atoms with Crippen LogP contribution in [0.2, 0.25) is 0 Å². The fourth-order valence-electron chi connectivity index (χ4n) is 7.41. The van der Waals surface area contributed by atoms with Crippen LogP contribution in [0.4, 0.5) is 16.4 Å². The topological polar surface area (TPSA) is 8.17 Å². The van der Waals surface area contributed by atoms with Gasteiger partial charge in [0.25, 0.3) is 0 Å². The summed E-state index contributed by atoms with van der Waals surface area (Å²) in [7, 11) is 0. The van der Waals surface area contributed by atoms with Gasteiger partial charge < -0.3 is 9.47 Å². The Bertz CT molecular complexity index is 3130. The maximum Gasteiger partial charge on any atom is 0.101 e. The first-order valence-electron chi connectivity index (χ1n) is 20.1. The fourth-order valence-corrected chi connectivity index (χ4v) is 8.45. The number of thiophene rings is 1. The molecule has 8 aromatic carbocycles. The van der Waals surface area contributed by atoms with Gasteiger partial charge in [0.1, 0.15) is 5.00 Å². The number of fused-ring (bicyclic) bond motifs is 5. The summed E-state index contributed by atoms with van der Waals surface area (Å²) in [5, 5.41) is 5.90. The van der Waals surface area contributed by atoms with E-state index in [1.165, 1.54) is 27.1 Å². The van der Waals surface area contributed by atoms with Gasteiger partial charge >= 0.3 is 0 Å². The highest BCUT2D eigenvalue weighted by atomic mass is 32.1. The van der Waals surface area contributed by atoms with Gasteiger partial charge in [0, 0.05) is 32.7 Å². The first kappa shape index (κ1) is 26.1. The molecule has 0 unspecified atom stereocenters. The van der Waals surface area contributed by atoms with Gasteiger partial charge in [-0.3, -0.25) is 0 Å². The lowest BCUT2D eigenvalue weighted by Crippen LogP contribution is -2.08. The van der Waals surface area contributed by atoms with Crippen LogP contribution >= 0.6 is 11.3 Å². The minimum Gasteiger partial charge on any atom is -0.309 e. The van der Waals surface area contributed by atoms with E-state index in [1.54, 1.807) is 11.3 Å². The van der Waals surface area contributed by atoms with Crippen molar-refractivity contribution in [2.24, 2.45) is 0 Å². The van der Waals surface area contributed by atoms with E-state index in [0.717, 1.165) is 49.1 Å². The molecule has 3 heteroatoms. The smallest absolute Gasteiger partial charge is 0.101 e. The largest absolute Gasteiger partial charge is 0.309 e. The quantitative estimate of drug-likeness (QED) is 0.161. The Morgan fingerprint density at radius 1 is 0.453 bits per heavy atom. The maximum atomic E-state index is 8.55. The minimum absolute atomic E-state index is 0.186. The van der Waals surface area contributed by atoms with E-state index in [0.29, 0.717) is 5.56 Å². The molecular formula is C50H34N2S. The van der Waals surface area contributed by atoms with Crippen LogP contribution in [0.25, 0.3) is 71.0 Å². The molecule has 0 fully saturated rings. The summed E-state index contributed by atoms with van der Waals surface area (Å²) >= 11 is 1.70. The molecule has 10 rings (SSSR count). The standard InChI is InChI=1S/C50H34N2S/c1-4-12-35(13-5-1)37-20-26-42(27-21-37)51(43-28-22-38(23-29-43)36-14-6-2-7-15-36)49-33-32-48(53-49)40-24-30-45-47(34-40)52(41-17-8-3-9-18-41)46-31-25-39-16-10-11-19-44(39)50(45)46/h1-34H/i1D,4D,5D,12D,13D. The van der Waals surface area contributed by atoms with Crippen LogP contribution in [0.3, 0.4) is 0 Å². The second-order valence-electron chi connectivity index (χ2n) is 13.0. The molecule has 250 valence electrons. The van der Waals surface area contributed by atoms with Gasteiger partial charge in [-0.05, 0) is 99.3 Å². The maximum absolute atomic E-state index is 8.55. The SMILES string of the molecule is [2H]c1c([2H])c([2H])c(-c2ccc(N(c3ccc(-c4ccccc4)cc3)c3ccc(-c4ccc5c6c7ccccc7ccc6n(-c6ccccc6)c5c4)s3)cc2)c([2H])c1[2H]. The van der Waals surface area contributed by atoms with E-state index in [4.69, 9.17) is 6.85 Å². The van der Waals surface area contributed by atoms with E-state index in [1.807, 2.05) is 42.5 Å². The third kappa shape index (κ3) is 5.59. The Morgan fingerprint density at radius 2 is 1.08 bits per heavy atom. The summed E-state index contributed by atoms with van der Waals surface area (Å²) in [4.78, 5) is 3.33. The zero-order valence-corrected chi connectivity index (χ0v) is 29.4. The number of rotatable bonds is 7. The number of para-hydroxylation sites is 1. The Labute approximate surface area is 320 Å². The van der Waals surface area contributed by atoms with E-state index < -0.39 is 6.04 Å². The molecule has 0 spiro atoms. The summed E-state index contributed by atoms with van der Waals surface area (Å²) in [6.07, 6.45) is 0. The van der Waals surface area contributed by atoms with E-state index in [2.05, 4.69) is 143 Å². The monoisotopic (exact) mass is 699 g/mol. The van der Waals surface area contributed by atoms with Crippen LogP contribution in [0.15, 0.2) is 206 Å². The van der Waals surface area contributed by atoms with Crippen molar-refractivity contribution in [1.29, 1.82) is 0 Å². The molecule has 0 atom stereocenters. The van der Waals surface area contributed by atoms with Crippen molar-refractivity contribution in [3.63, 3.8) is 0 Å². The fraction of sp³-hybridized carbons (Fsp3) is 0. The van der Waals surface area contributed by atoms with Crippen LogP contribution in [0.5, 0.6) is 0 Å². The zero-order chi connectivity index (χ0) is 39.5. The Balaban J connectivity index is 1.10. The van der Waals surface area contributed by atoms with Gasteiger partial charge in [-0.25, -0.2) is 0 Å². The van der Waals surface area contributed by atoms with Crippen molar-refractivity contribution in [1.82, 2.24) is 4.57 Å². The van der Waals surface area contributed by atoms with Gasteiger partial charge in [0.2, 0.25) is 0 Å². The first-order chi connectivity index (χ1) is 28.4. The van der Waals surface area contributed by atoms with Gasteiger partial charge in [0.15, 0.2) is 0 Å². The molecule has 0 radical (unpaired) electrons. The molecule has 0 saturated carbocycles. The predicted octanol–water partition coefficient (Wildman–Crippen LogP) is 14.5. The van der Waals surface area contributed by atoms with E-state index in [9.17, 15) is 0 Å². The number of anilines is 3. The third-order valence-electron chi connectivity index (χ3n) is 9.91. The number of aromatic nitrogens is 1. The van der Waals surface area contributed by atoms with Crippen LogP contribution < -0.4 is 4.90 Å². The van der Waals surface area contributed by atoms with Gasteiger partial charge in [0.05, 0.1) is 17.9 Å². The number of nitrogens with zero attached hydrogens (tertiary/aromatic N) is 2. The summed E-state index contributed by atoms with van der Waals surface area (Å²) < 4.78 is 44.0. The molecule has 0 bridgehead atoms. The summed E-state index contributed by atoms with van der Waals surface area (Å²) in [6, 6.07) is 59.6. The van der Waals surface area contributed by atoms with Crippen LogP contribution in [0.1, 0.15) is 6.85 Å². The Hall–Kier alpha value is -6.68. The Kier molecular flexibility index (Phi) is 6.48. The molecule has 0 amide bonds. The average Bonchev–Trinajstić information content (AvgIpc) is 3.90. The van der Waals surface area contributed by atoms with Crippen LogP contribution in [-0.2, 0) is 0 Å². The van der Waals surface area contributed by atoms with E-state index >= 15 is 0 Å². The molecule has 0 aliphatic heterocycles. The van der Waals surface area contributed by atoms with Gasteiger partial charge in [-0.2, -0.15) is 0 Å². The molecule has 2 heterocycles.